The molecule has 3 nitrogen and oxygen atoms in total. The fraction of sp³-hybridized carbons (Fsp3) is 0.667. The molecule has 0 aliphatic heterocycles. The van der Waals surface area contributed by atoms with Crippen LogP contribution >= 0.6 is 0 Å². The van der Waals surface area contributed by atoms with Crippen LogP contribution in [0.1, 0.15) is 49.7 Å². The number of nitrogens with one attached hydrogen (secondary N) is 1. The van der Waals surface area contributed by atoms with Crippen LogP contribution in [-0.2, 0) is 18.3 Å². The normalized spacial score (nSPS) is 22.2. The Morgan fingerprint density at radius 3 is 2.73 bits per heavy atom. The predicted molar refractivity (Wildman–Crippen MR) is 58.1 cm³/mol. The van der Waals surface area contributed by atoms with Gasteiger partial charge in [0, 0.05) is 11.0 Å². The first kappa shape index (κ1) is 9.13. The van der Waals surface area contributed by atoms with Crippen LogP contribution in [0.25, 0.3) is 0 Å². The molecule has 1 N–H and O–H groups in total. The fourth-order valence-corrected chi connectivity index (χ4v) is 2.31. The largest absolute Gasteiger partial charge is 0.310 e. The van der Waals surface area contributed by atoms with Crippen molar-refractivity contribution in [2.24, 2.45) is 0 Å². The number of fused-ring (bicyclic) bond motifs is 1. The molecule has 1 fully saturated rings. The molecular formula is C12H16N2O. The zero-order valence-corrected chi connectivity index (χ0v) is 9.10. The lowest BCUT2D eigenvalue weighted by atomic mass is 9.96. The average molecular weight is 204 g/mol. The summed E-state index contributed by atoms with van der Waals surface area (Å²) in [5.41, 5.74) is 2.29. The third kappa shape index (κ3) is 1.41. The Kier molecular flexibility index (Phi) is 1.79. The summed E-state index contributed by atoms with van der Waals surface area (Å²) in [7, 11) is 0. The van der Waals surface area contributed by atoms with Gasteiger partial charge in [-0.05, 0) is 38.5 Å². The van der Waals surface area contributed by atoms with Crippen LogP contribution in [0, 0.1) is 0 Å². The Labute approximate surface area is 88.9 Å². The van der Waals surface area contributed by atoms with Crippen LogP contribution in [0.3, 0.4) is 0 Å². The van der Waals surface area contributed by atoms with E-state index in [9.17, 15) is 4.79 Å². The highest BCUT2D eigenvalue weighted by molar-refractivity contribution is 5.25. The Morgan fingerprint density at radius 2 is 2.00 bits per heavy atom. The van der Waals surface area contributed by atoms with Crippen LogP contribution in [0.4, 0.5) is 0 Å². The second-order valence-corrected chi connectivity index (χ2v) is 5.11. The van der Waals surface area contributed by atoms with Gasteiger partial charge in [-0.25, -0.2) is 4.98 Å². The van der Waals surface area contributed by atoms with Gasteiger partial charge in [0.1, 0.15) is 5.82 Å². The summed E-state index contributed by atoms with van der Waals surface area (Å²) in [5, 5.41) is 0. The van der Waals surface area contributed by atoms with Gasteiger partial charge in [0.25, 0.3) is 5.56 Å². The molecular weight excluding hydrogens is 188 g/mol. The third-order valence-electron chi connectivity index (χ3n) is 3.76. The molecule has 0 amide bonds. The van der Waals surface area contributed by atoms with Gasteiger partial charge in [-0.1, -0.05) is 6.92 Å². The van der Waals surface area contributed by atoms with Gasteiger partial charge in [0.15, 0.2) is 0 Å². The van der Waals surface area contributed by atoms with Crippen molar-refractivity contribution < 1.29 is 0 Å². The zero-order chi connectivity index (χ0) is 10.5. The van der Waals surface area contributed by atoms with Crippen molar-refractivity contribution in [3.63, 3.8) is 0 Å². The first-order chi connectivity index (χ1) is 7.19. The van der Waals surface area contributed by atoms with Crippen molar-refractivity contribution in [1.29, 1.82) is 0 Å². The van der Waals surface area contributed by atoms with E-state index in [0.717, 1.165) is 49.2 Å². The first-order valence-corrected chi connectivity index (χ1v) is 5.82. The van der Waals surface area contributed by atoms with E-state index in [4.69, 9.17) is 0 Å². The van der Waals surface area contributed by atoms with E-state index in [2.05, 4.69) is 16.9 Å². The molecule has 0 atom stereocenters. The molecule has 2 aliphatic rings. The van der Waals surface area contributed by atoms with Crippen molar-refractivity contribution in [2.75, 3.05) is 0 Å². The van der Waals surface area contributed by atoms with Crippen molar-refractivity contribution in [3.8, 4) is 0 Å². The van der Waals surface area contributed by atoms with Crippen LogP contribution in [0.15, 0.2) is 4.79 Å². The van der Waals surface area contributed by atoms with Crippen molar-refractivity contribution in [3.05, 3.63) is 27.4 Å². The van der Waals surface area contributed by atoms with Crippen molar-refractivity contribution >= 4 is 0 Å². The van der Waals surface area contributed by atoms with Gasteiger partial charge in [0.05, 0.1) is 5.69 Å². The lowest BCUT2D eigenvalue weighted by Gasteiger charge is -2.16. The average Bonchev–Trinajstić information content (AvgIpc) is 2.98. The maximum atomic E-state index is 11.9. The summed E-state index contributed by atoms with van der Waals surface area (Å²) in [4.78, 5) is 19.5. The molecule has 0 radical (unpaired) electrons. The van der Waals surface area contributed by atoms with E-state index in [1.54, 1.807) is 0 Å². The molecule has 0 unspecified atom stereocenters. The van der Waals surface area contributed by atoms with Crippen LogP contribution < -0.4 is 5.56 Å². The Morgan fingerprint density at radius 1 is 1.27 bits per heavy atom. The maximum absolute atomic E-state index is 11.9. The number of H-pyrrole nitrogens is 1. The highest BCUT2D eigenvalue weighted by Gasteiger charge is 2.42. The number of hydrogen-bond acceptors (Lipinski definition) is 2. The molecule has 0 spiro atoms. The highest BCUT2D eigenvalue weighted by Crippen LogP contribution is 2.45. The molecule has 1 aromatic heterocycles. The summed E-state index contributed by atoms with van der Waals surface area (Å²) in [5.74, 6) is 0.924. The van der Waals surface area contributed by atoms with Gasteiger partial charge < -0.3 is 4.98 Å². The molecule has 0 aromatic carbocycles. The maximum Gasteiger partial charge on any atom is 0.254 e. The lowest BCUT2D eigenvalue weighted by Crippen LogP contribution is -2.25. The third-order valence-corrected chi connectivity index (χ3v) is 3.76. The lowest BCUT2D eigenvalue weighted by molar-refractivity contribution is 0.622. The van der Waals surface area contributed by atoms with Gasteiger partial charge in [0.2, 0.25) is 0 Å². The first-order valence-electron chi connectivity index (χ1n) is 5.82. The number of aryl methyl sites for hydroxylation is 1. The number of aromatic nitrogens is 2. The van der Waals surface area contributed by atoms with E-state index in [1.807, 2.05) is 0 Å². The molecule has 15 heavy (non-hydrogen) atoms. The highest BCUT2D eigenvalue weighted by atomic mass is 16.1. The Balaban J connectivity index is 2.13. The molecule has 1 heterocycles. The molecule has 80 valence electrons. The van der Waals surface area contributed by atoms with E-state index >= 15 is 0 Å². The second-order valence-electron chi connectivity index (χ2n) is 5.11. The zero-order valence-electron chi connectivity index (χ0n) is 9.10. The minimum atomic E-state index is 0.114. The Bertz CT molecular complexity index is 457. The minimum absolute atomic E-state index is 0.114. The van der Waals surface area contributed by atoms with Crippen LogP contribution in [0.2, 0.25) is 0 Å². The van der Waals surface area contributed by atoms with Crippen molar-refractivity contribution in [2.45, 2.75) is 50.9 Å². The van der Waals surface area contributed by atoms with Gasteiger partial charge in [-0.2, -0.15) is 0 Å². The molecule has 0 bridgehead atoms. The minimum Gasteiger partial charge on any atom is -0.310 e. The monoisotopic (exact) mass is 204 g/mol. The van der Waals surface area contributed by atoms with Gasteiger partial charge in [-0.3, -0.25) is 4.79 Å². The van der Waals surface area contributed by atoms with E-state index < -0.39 is 0 Å². The number of nitrogens with zero attached hydrogens (tertiary/aromatic N) is 1. The topological polar surface area (TPSA) is 45.8 Å². The molecule has 1 aromatic rings. The van der Waals surface area contributed by atoms with Crippen LogP contribution in [0.5, 0.6) is 0 Å². The summed E-state index contributed by atoms with van der Waals surface area (Å²) < 4.78 is 0. The second kappa shape index (κ2) is 2.94. The predicted octanol–water partition coefficient (Wildman–Crippen LogP) is 1.70. The fourth-order valence-electron chi connectivity index (χ4n) is 2.31. The standard InChI is InChI=1S/C12H16N2O/c1-12(6-7-12)11-13-9-5-3-2-4-8(9)10(15)14-11/h2-7H2,1H3,(H,13,14,15). The molecule has 1 saturated carbocycles. The quantitative estimate of drug-likeness (QED) is 0.756. The molecule has 2 aliphatic carbocycles. The van der Waals surface area contributed by atoms with Crippen LogP contribution in [-0.4, -0.2) is 9.97 Å². The number of rotatable bonds is 1. The molecule has 3 rings (SSSR count). The number of aromatic amines is 1. The SMILES string of the molecule is CC1(c2nc3c(c(=O)[nH]2)CCCC3)CC1. The van der Waals surface area contributed by atoms with Gasteiger partial charge >= 0.3 is 0 Å². The number of hydrogen-bond donors (Lipinski definition) is 1. The van der Waals surface area contributed by atoms with E-state index in [-0.39, 0.29) is 11.0 Å². The molecule has 0 saturated heterocycles. The summed E-state index contributed by atoms with van der Waals surface area (Å²) in [6.45, 7) is 2.18. The molecule has 3 heteroatoms. The Hall–Kier alpha value is -1.12. The smallest absolute Gasteiger partial charge is 0.254 e. The van der Waals surface area contributed by atoms with Crippen molar-refractivity contribution in [1.82, 2.24) is 9.97 Å². The summed E-state index contributed by atoms with van der Waals surface area (Å²) in [6.07, 6.45) is 6.54. The van der Waals surface area contributed by atoms with E-state index in [1.165, 1.54) is 6.42 Å². The summed E-state index contributed by atoms with van der Waals surface area (Å²) in [6, 6.07) is 0. The van der Waals surface area contributed by atoms with E-state index in [0.29, 0.717) is 0 Å². The van der Waals surface area contributed by atoms with Gasteiger partial charge in [-0.15, -0.1) is 0 Å². The summed E-state index contributed by atoms with van der Waals surface area (Å²) >= 11 is 0.